The first-order valence-corrected chi connectivity index (χ1v) is 12.7. The van der Waals surface area contributed by atoms with Crippen LogP contribution in [0, 0.1) is 12.8 Å². The molecule has 0 radical (unpaired) electrons. The van der Waals surface area contributed by atoms with Gasteiger partial charge in [0, 0.05) is 11.3 Å². The van der Waals surface area contributed by atoms with E-state index in [1.165, 1.54) is 4.90 Å². The lowest BCUT2D eigenvalue weighted by Gasteiger charge is -2.26. The Morgan fingerprint density at radius 3 is 2.34 bits per heavy atom. The largest absolute Gasteiger partial charge is 0.507 e. The number of ether oxygens (including phenoxy) is 3. The summed E-state index contributed by atoms with van der Waals surface area (Å²) in [4.78, 5) is 28.3. The van der Waals surface area contributed by atoms with Crippen LogP contribution in [0.5, 0.6) is 17.2 Å². The van der Waals surface area contributed by atoms with Gasteiger partial charge in [0.25, 0.3) is 11.7 Å². The molecular formula is C31H33NO6. The second-order valence-corrected chi connectivity index (χ2v) is 9.58. The lowest BCUT2D eigenvalue weighted by atomic mass is 9.94. The standard InChI is InChI=1S/C31H33NO6/c1-6-37-26-17-22(12-15-25(26)36-5)28-27(29(33)21-10-13-24(14-11-21)38-18-19(2)3)30(34)31(35)32(28)23-9-7-8-20(4)16-23/h7-17,19,28,33H,6,18H2,1-5H3/b29-27-. The Kier molecular flexibility index (Phi) is 8.05. The van der Waals surface area contributed by atoms with E-state index in [4.69, 9.17) is 14.2 Å². The molecule has 0 bridgehead atoms. The number of aliphatic hydroxyl groups excluding tert-OH is 1. The summed E-state index contributed by atoms with van der Waals surface area (Å²) in [6, 6.07) is 18.6. The van der Waals surface area contributed by atoms with Crippen LogP contribution in [0.4, 0.5) is 5.69 Å². The second kappa shape index (κ2) is 11.4. The van der Waals surface area contributed by atoms with Crippen molar-refractivity contribution in [2.45, 2.75) is 33.7 Å². The van der Waals surface area contributed by atoms with Crippen LogP contribution < -0.4 is 19.1 Å². The van der Waals surface area contributed by atoms with Gasteiger partial charge in [0.1, 0.15) is 11.5 Å². The molecule has 3 aromatic carbocycles. The quantitative estimate of drug-likeness (QED) is 0.212. The van der Waals surface area contributed by atoms with E-state index in [2.05, 4.69) is 13.8 Å². The number of carbonyl (C=O) groups excluding carboxylic acids is 2. The third-order valence-electron chi connectivity index (χ3n) is 6.24. The molecule has 7 heteroatoms. The van der Waals surface area contributed by atoms with Crippen LogP contribution in [0.15, 0.2) is 72.3 Å². The van der Waals surface area contributed by atoms with Crippen molar-refractivity contribution in [3.8, 4) is 17.2 Å². The monoisotopic (exact) mass is 515 g/mol. The van der Waals surface area contributed by atoms with Gasteiger partial charge in [-0.1, -0.05) is 32.0 Å². The first-order chi connectivity index (χ1) is 18.2. The molecule has 1 unspecified atom stereocenters. The molecule has 1 N–H and O–H groups in total. The highest BCUT2D eigenvalue weighted by Crippen LogP contribution is 2.44. The molecule has 198 valence electrons. The number of hydrogen-bond donors (Lipinski definition) is 1. The number of benzene rings is 3. The number of ketones is 1. The van der Waals surface area contributed by atoms with Crippen molar-refractivity contribution < 1.29 is 28.9 Å². The Morgan fingerprint density at radius 2 is 1.71 bits per heavy atom. The zero-order valence-corrected chi connectivity index (χ0v) is 22.4. The maximum atomic E-state index is 13.5. The minimum Gasteiger partial charge on any atom is -0.507 e. The van der Waals surface area contributed by atoms with E-state index in [0.29, 0.717) is 53.2 Å². The van der Waals surface area contributed by atoms with Gasteiger partial charge < -0.3 is 19.3 Å². The van der Waals surface area contributed by atoms with Gasteiger partial charge in [0.05, 0.1) is 31.9 Å². The summed E-state index contributed by atoms with van der Waals surface area (Å²) in [5, 5.41) is 11.4. The van der Waals surface area contributed by atoms with Gasteiger partial charge in [-0.15, -0.1) is 0 Å². The Balaban J connectivity index is 1.86. The topological polar surface area (TPSA) is 85.3 Å². The highest BCUT2D eigenvalue weighted by Gasteiger charge is 2.47. The van der Waals surface area contributed by atoms with Crippen molar-refractivity contribution in [3.63, 3.8) is 0 Å². The van der Waals surface area contributed by atoms with Gasteiger partial charge >= 0.3 is 0 Å². The second-order valence-electron chi connectivity index (χ2n) is 9.58. The number of methoxy groups -OCH3 is 1. The molecule has 0 aliphatic carbocycles. The predicted molar refractivity (Wildman–Crippen MR) is 147 cm³/mol. The van der Waals surface area contributed by atoms with Gasteiger partial charge in [-0.25, -0.2) is 0 Å². The van der Waals surface area contributed by atoms with Crippen LogP contribution in [0.3, 0.4) is 0 Å². The number of rotatable bonds is 9. The Labute approximate surface area is 223 Å². The summed E-state index contributed by atoms with van der Waals surface area (Å²) in [5.41, 5.74) is 2.51. The zero-order valence-electron chi connectivity index (χ0n) is 22.4. The van der Waals surface area contributed by atoms with E-state index in [1.54, 1.807) is 55.6 Å². The summed E-state index contributed by atoms with van der Waals surface area (Å²) in [5.74, 6) is 0.299. The molecule has 0 saturated carbocycles. The summed E-state index contributed by atoms with van der Waals surface area (Å²) in [7, 11) is 1.55. The van der Waals surface area contributed by atoms with Gasteiger partial charge in [-0.3, -0.25) is 14.5 Å². The minimum absolute atomic E-state index is 0.0000276. The molecule has 1 amide bonds. The van der Waals surface area contributed by atoms with Crippen molar-refractivity contribution in [1.82, 2.24) is 0 Å². The van der Waals surface area contributed by atoms with E-state index < -0.39 is 17.7 Å². The molecule has 1 saturated heterocycles. The minimum atomic E-state index is -0.876. The van der Waals surface area contributed by atoms with Crippen molar-refractivity contribution in [1.29, 1.82) is 0 Å². The summed E-state index contributed by atoms with van der Waals surface area (Å²) in [6.07, 6.45) is 0. The fraction of sp³-hybridized carbons (Fsp3) is 0.290. The smallest absolute Gasteiger partial charge is 0.300 e. The van der Waals surface area contributed by atoms with E-state index in [1.807, 2.05) is 32.0 Å². The number of nitrogens with zero attached hydrogens (tertiary/aromatic N) is 1. The van der Waals surface area contributed by atoms with Crippen LogP contribution in [0.1, 0.15) is 43.5 Å². The number of Topliss-reactive ketones (excluding diaryl/α,β-unsaturated/α-hetero) is 1. The van der Waals surface area contributed by atoms with Gasteiger partial charge in [-0.05, 0) is 79.4 Å². The Hall–Kier alpha value is -4.26. The molecule has 3 aromatic rings. The molecule has 7 nitrogen and oxygen atoms in total. The predicted octanol–water partition coefficient (Wildman–Crippen LogP) is 6.06. The summed E-state index contributed by atoms with van der Waals surface area (Å²) >= 11 is 0. The molecule has 1 aliphatic rings. The number of aliphatic hydroxyl groups is 1. The molecule has 1 atom stereocenters. The first-order valence-electron chi connectivity index (χ1n) is 12.7. The summed E-state index contributed by atoms with van der Waals surface area (Å²) < 4.78 is 16.9. The van der Waals surface area contributed by atoms with Crippen LogP contribution in [-0.4, -0.2) is 37.1 Å². The fourth-order valence-electron chi connectivity index (χ4n) is 4.45. The van der Waals surface area contributed by atoms with Crippen molar-refractivity contribution in [2.75, 3.05) is 25.2 Å². The molecule has 1 fully saturated rings. The third kappa shape index (κ3) is 5.37. The number of aryl methyl sites for hydroxylation is 1. The maximum Gasteiger partial charge on any atom is 0.300 e. The molecule has 38 heavy (non-hydrogen) atoms. The molecule has 0 spiro atoms. The molecule has 0 aromatic heterocycles. The Morgan fingerprint density at radius 1 is 0.974 bits per heavy atom. The van der Waals surface area contributed by atoms with Crippen molar-refractivity contribution >= 4 is 23.1 Å². The average molecular weight is 516 g/mol. The summed E-state index contributed by atoms with van der Waals surface area (Å²) in [6.45, 7) is 8.86. The number of carbonyl (C=O) groups is 2. The van der Waals surface area contributed by atoms with E-state index in [9.17, 15) is 14.7 Å². The van der Waals surface area contributed by atoms with Gasteiger partial charge in [-0.2, -0.15) is 0 Å². The van der Waals surface area contributed by atoms with Crippen LogP contribution in [0.2, 0.25) is 0 Å². The average Bonchev–Trinajstić information content (AvgIpc) is 3.17. The first kappa shape index (κ1) is 26.8. The zero-order chi connectivity index (χ0) is 27.4. The van der Waals surface area contributed by atoms with Crippen molar-refractivity contribution in [2.24, 2.45) is 5.92 Å². The maximum absolute atomic E-state index is 13.5. The molecule has 1 heterocycles. The van der Waals surface area contributed by atoms with Gasteiger partial charge in [0.15, 0.2) is 11.5 Å². The van der Waals surface area contributed by atoms with Crippen LogP contribution in [0.25, 0.3) is 5.76 Å². The van der Waals surface area contributed by atoms with E-state index in [0.717, 1.165) is 5.56 Å². The normalized spacial score (nSPS) is 16.7. The van der Waals surface area contributed by atoms with Crippen molar-refractivity contribution in [3.05, 3.63) is 89.0 Å². The lowest BCUT2D eigenvalue weighted by Crippen LogP contribution is -2.29. The van der Waals surface area contributed by atoms with Crippen LogP contribution in [-0.2, 0) is 9.59 Å². The highest BCUT2D eigenvalue weighted by atomic mass is 16.5. The SMILES string of the molecule is CCOc1cc(C2/C(=C(/O)c3ccc(OCC(C)C)cc3)C(=O)C(=O)N2c2cccc(C)c2)ccc1OC. The molecule has 1 aliphatic heterocycles. The molecular weight excluding hydrogens is 482 g/mol. The van der Waals surface area contributed by atoms with E-state index in [-0.39, 0.29) is 11.3 Å². The molecule has 4 rings (SSSR count). The Bertz CT molecular complexity index is 1360. The fourth-order valence-corrected chi connectivity index (χ4v) is 4.45. The van der Waals surface area contributed by atoms with E-state index >= 15 is 0 Å². The number of amides is 1. The number of anilines is 1. The highest BCUT2D eigenvalue weighted by molar-refractivity contribution is 6.51. The van der Waals surface area contributed by atoms with Crippen LogP contribution >= 0.6 is 0 Å². The lowest BCUT2D eigenvalue weighted by molar-refractivity contribution is -0.132. The van der Waals surface area contributed by atoms with Gasteiger partial charge in [0.2, 0.25) is 0 Å². The third-order valence-corrected chi connectivity index (χ3v) is 6.24. The number of hydrogen-bond acceptors (Lipinski definition) is 6.